The van der Waals surface area contributed by atoms with Gasteiger partial charge in [-0.05, 0) is 13.0 Å². The second-order valence-electron chi connectivity index (χ2n) is 4.50. The number of hydrogen-bond donors (Lipinski definition) is 0. The van der Waals surface area contributed by atoms with Crippen molar-refractivity contribution < 1.29 is 21.4 Å². The molecule has 2 heterocycles. The molecule has 2 aliphatic heterocycles. The first-order chi connectivity index (χ1) is 7.20. The third-order valence-corrected chi connectivity index (χ3v) is 5.50. The Morgan fingerprint density at radius 1 is 1.44 bits per heavy atom. The summed E-state index contributed by atoms with van der Waals surface area (Å²) in [6, 6.07) is -0.245. The predicted molar refractivity (Wildman–Crippen MR) is 55.8 cm³/mol. The molecule has 2 unspecified atom stereocenters. The molecule has 2 bridgehead atoms. The van der Waals surface area contributed by atoms with Crippen molar-refractivity contribution in [1.82, 2.24) is 4.90 Å². The Labute approximate surface area is 92.3 Å². The summed E-state index contributed by atoms with van der Waals surface area (Å²) in [4.78, 5) is 1.59. The van der Waals surface area contributed by atoms with Crippen LogP contribution < -0.4 is 0 Å². The highest BCUT2D eigenvalue weighted by Gasteiger charge is 2.48. The van der Waals surface area contributed by atoms with Gasteiger partial charge in [0.2, 0.25) is 0 Å². The summed E-state index contributed by atoms with van der Waals surface area (Å²) in [5.41, 5.74) is -0.745. The Morgan fingerprint density at radius 3 is 2.44 bits per heavy atom. The monoisotopic (exact) mass is 254 g/mol. The second-order valence-corrected chi connectivity index (χ2v) is 6.83. The Hall–Kier alpha value is -0.495. The van der Waals surface area contributed by atoms with E-state index in [2.05, 4.69) is 6.58 Å². The van der Waals surface area contributed by atoms with Crippen molar-refractivity contribution in [2.24, 2.45) is 0 Å². The summed E-state index contributed by atoms with van der Waals surface area (Å²) in [6.45, 7) is -2.02. The minimum Gasteiger partial charge on any atom is -0.445 e. The number of hydrogen-bond acceptors (Lipinski definition) is 3. The zero-order valence-corrected chi connectivity index (χ0v) is 9.39. The van der Waals surface area contributed by atoms with E-state index in [1.807, 2.05) is 0 Å². The number of halogens is 3. The molecular formula is C8H12BF3NO2S-. The average Bonchev–Trinajstić information content (AvgIpc) is 2.57. The molecule has 8 heteroatoms. The first-order valence-electron chi connectivity index (χ1n) is 5.03. The van der Waals surface area contributed by atoms with Crippen LogP contribution in [0, 0.1) is 0 Å². The molecule has 92 valence electrons. The lowest BCUT2D eigenvalue weighted by molar-refractivity contribution is 0.286. The zero-order chi connectivity index (χ0) is 12.1. The van der Waals surface area contributed by atoms with E-state index in [1.54, 1.807) is 4.90 Å². The molecule has 0 aromatic heterocycles. The van der Waals surface area contributed by atoms with Gasteiger partial charge in [0.15, 0.2) is 9.84 Å². The van der Waals surface area contributed by atoms with Gasteiger partial charge in [-0.15, -0.1) is 12.1 Å². The van der Waals surface area contributed by atoms with E-state index in [0.29, 0.717) is 6.42 Å². The van der Waals surface area contributed by atoms with Crippen LogP contribution in [0.25, 0.3) is 0 Å². The van der Waals surface area contributed by atoms with Gasteiger partial charge >= 0.3 is 6.98 Å². The average molecular weight is 254 g/mol. The maximum atomic E-state index is 12.3. The molecule has 3 nitrogen and oxygen atoms in total. The summed E-state index contributed by atoms with van der Waals surface area (Å²) >= 11 is 0. The molecule has 2 atom stereocenters. The van der Waals surface area contributed by atoms with E-state index >= 15 is 0 Å². The van der Waals surface area contributed by atoms with Crippen molar-refractivity contribution in [1.29, 1.82) is 0 Å². The number of nitrogens with zero attached hydrogens (tertiary/aromatic N) is 1. The van der Waals surface area contributed by atoms with E-state index in [1.165, 1.54) is 0 Å². The van der Waals surface area contributed by atoms with Crippen LogP contribution >= 0.6 is 0 Å². The summed E-state index contributed by atoms with van der Waals surface area (Å²) in [5, 5.41) is -0.467. The minimum atomic E-state index is -5.01. The molecule has 0 radical (unpaired) electrons. The molecule has 2 rings (SSSR count). The molecule has 0 N–H and O–H groups in total. The summed E-state index contributed by atoms with van der Waals surface area (Å²) < 4.78 is 59.7. The second kappa shape index (κ2) is 3.50. The van der Waals surface area contributed by atoms with Crippen molar-refractivity contribution in [3.05, 3.63) is 12.1 Å². The van der Waals surface area contributed by atoms with E-state index in [0.717, 1.165) is 0 Å². The van der Waals surface area contributed by atoms with Crippen molar-refractivity contribution in [2.75, 3.05) is 18.8 Å². The van der Waals surface area contributed by atoms with Gasteiger partial charge in [-0.1, -0.05) is 0 Å². The lowest BCUT2D eigenvalue weighted by atomic mass is 9.80. The molecule has 0 aliphatic carbocycles. The van der Waals surface area contributed by atoms with Gasteiger partial charge in [0.25, 0.3) is 0 Å². The largest absolute Gasteiger partial charge is 0.506 e. The summed E-state index contributed by atoms with van der Waals surface area (Å²) in [7, 11) is -3.04. The van der Waals surface area contributed by atoms with Crippen LogP contribution in [0.15, 0.2) is 12.1 Å². The topological polar surface area (TPSA) is 37.4 Å². The van der Waals surface area contributed by atoms with E-state index < -0.39 is 27.5 Å². The van der Waals surface area contributed by atoms with Crippen molar-refractivity contribution in [3.63, 3.8) is 0 Å². The van der Waals surface area contributed by atoms with Gasteiger partial charge in [0.05, 0.1) is 11.0 Å². The number of rotatable bonds is 3. The fraction of sp³-hybridized carbons (Fsp3) is 0.750. The lowest BCUT2D eigenvalue weighted by Crippen LogP contribution is -2.43. The Kier molecular flexibility index (Phi) is 2.62. The maximum Gasteiger partial charge on any atom is 0.506 e. The van der Waals surface area contributed by atoms with Crippen LogP contribution in [0.3, 0.4) is 0 Å². The first kappa shape index (κ1) is 12.0. The van der Waals surface area contributed by atoms with Gasteiger partial charge in [-0.25, -0.2) is 8.42 Å². The van der Waals surface area contributed by atoms with Crippen LogP contribution in [0.2, 0.25) is 0 Å². The molecule has 2 aliphatic rings. The fourth-order valence-electron chi connectivity index (χ4n) is 2.33. The number of fused-ring (bicyclic) bond motifs is 2. The van der Waals surface area contributed by atoms with E-state index in [9.17, 15) is 21.4 Å². The Bertz CT molecular complexity index is 419. The molecule has 2 fully saturated rings. The molecule has 16 heavy (non-hydrogen) atoms. The third kappa shape index (κ3) is 2.00. The molecule has 0 amide bonds. The Morgan fingerprint density at radius 2 is 2.06 bits per heavy atom. The summed E-state index contributed by atoms with van der Waals surface area (Å²) in [6.07, 6.45) is 0.473. The van der Waals surface area contributed by atoms with Gasteiger partial charge < -0.3 is 12.9 Å². The normalized spacial score (nSPS) is 33.2. The van der Waals surface area contributed by atoms with Gasteiger partial charge in [-0.3, -0.25) is 4.90 Å². The molecule has 0 aromatic rings. The highest BCUT2D eigenvalue weighted by Crippen LogP contribution is 2.34. The molecule has 0 aromatic carbocycles. The van der Waals surface area contributed by atoms with E-state index in [-0.39, 0.29) is 24.9 Å². The molecular weight excluding hydrogens is 242 g/mol. The smallest absolute Gasteiger partial charge is 0.445 e. The highest BCUT2D eigenvalue weighted by atomic mass is 32.2. The minimum absolute atomic E-state index is 0.00416. The van der Waals surface area contributed by atoms with Crippen LogP contribution in [0.1, 0.15) is 6.42 Å². The van der Waals surface area contributed by atoms with Gasteiger partial charge in [0.1, 0.15) is 0 Å². The van der Waals surface area contributed by atoms with Crippen molar-refractivity contribution >= 4 is 16.8 Å². The van der Waals surface area contributed by atoms with Gasteiger partial charge in [-0.2, -0.15) is 0 Å². The number of likely N-dealkylation sites (tertiary alicyclic amines) is 1. The van der Waals surface area contributed by atoms with E-state index in [4.69, 9.17) is 0 Å². The first-order valence-corrected chi connectivity index (χ1v) is 6.75. The van der Waals surface area contributed by atoms with Crippen LogP contribution in [-0.4, -0.2) is 50.4 Å². The predicted octanol–water partition coefficient (Wildman–Crippen LogP) is 0.801. The lowest BCUT2D eigenvalue weighted by Gasteiger charge is -2.30. The zero-order valence-electron chi connectivity index (χ0n) is 8.57. The molecule has 2 saturated heterocycles. The van der Waals surface area contributed by atoms with Crippen LogP contribution in [-0.2, 0) is 9.84 Å². The van der Waals surface area contributed by atoms with Gasteiger partial charge in [0, 0.05) is 12.6 Å². The highest BCUT2D eigenvalue weighted by molar-refractivity contribution is 7.92. The third-order valence-electron chi connectivity index (χ3n) is 3.29. The maximum absolute atomic E-state index is 12.3. The molecule has 0 saturated carbocycles. The van der Waals surface area contributed by atoms with Crippen LogP contribution in [0.4, 0.5) is 12.9 Å². The Balaban J connectivity index is 2.00. The fourth-order valence-corrected chi connectivity index (χ4v) is 4.42. The van der Waals surface area contributed by atoms with Crippen molar-refractivity contribution in [2.45, 2.75) is 17.7 Å². The quantitative estimate of drug-likeness (QED) is 0.699. The standard InChI is InChI=1S/C8H12BF3NO2S/c1-6(9(10,11)12)3-13-4-8-2-7(13)5-16(8,14)15/h7-8H,1-5H2/q-1. The van der Waals surface area contributed by atoms with Crippen molar-refractivity contribution in [3.8, 4) is 0 Å². The SMILES string of the molecule is C=C(CN1CC2CC1CS2(=O)=O)[B-](F)(F)F. The number of sulfone groups is 1. The van der Waals surface area contributed by atoms with Crippen LogP contribution in [0.5, 0.6) is 0 Å². The molecule has 0 spiro atoms. The summed E-state index contributed by atoms with van der Waals surface area (Å²) in [5.74, 6) is -0.00416.